The number of aliphatic carboxylic acids is 1. The van der Waals surface area contributed by atoms with Gasteiger partial charge >= 0.3 is 5.97 Å². The fourth-order valence-electron chi connectivity index (χ4n) is 4.24. The van der Waals surface area contributed by atoms with Crippen LogP contribution in [0.2, 0.25) is 0 Å². The molecule has 0 radical (unpaired) electrons. The van der Waals surface area contributed by atoms with Gasteiger partial charge in [0.1, 0.15) is 5.69 Å². The summed E-state index contributed by atoms with van der Waals surface area (Å²) in [6.45, 7) is 6.78. The third-order valence-electron chi connectivity index (χ3n) is 5.95. The number of nitrogens with zero attached hydrogens (tertiary/aromatic N) is 2. The zero-order valence-corrected chi connectivity index (χ0v) is 19.9. The fraction of sp³-hybridized carbons (Fsp3) is 0.360. The minimum absolute atomic E-state index is 0.143. The third kappa shape index (κ3) is 4.59. The molecule has 32 heavy (non-hydrogen) atoms. The molecule has 2 aromatic carbocycles. The number of amides is 1. The van der Waals surface area contributed by atoms with E-state index in [1.807, 2.05) is 22.8 Å². The molecule has 0 spiro atoms. The molecule has 0 aliphatic carbocycles. The van der Waals surface area contributed by atoms with Crippen LogP contribution in [-0.2, 0) is 22.5 Å². The number of hydrogen-bond acceptors (Lipinski definition) is 3. The van der Waals surface area contributed by atoms with Gasteiger partial charge in [-0.2, -0.15) is 0 Å². The molecule has 168 valence electrons. The van der Waals surface area contributed by atoms with Gasteiger partial charge in [0, 0.05) is 40.6 Å². The molecule has 0 atom stereocenters. The molecule has 1 aliphatic heterocycles. The van der Waals surface area contributed by atoms with Gasteiger partial charge in [-0.15, -0.1) is 0 Å². The summed E-state index contributed by atoms with van der Waals surface area (Å²) >= 11 is 3.50. The molecule has 0 saturated carbocycles. The number of ether oxygens (including phenoxy) is 1. The summed E-state index contributed by atoms with van der Waals surface area (Å²) in [4.78, 5) is 27.2. The van der Waals surface area contributed by atoms with Crippen molar-refractivity contribution in [2.45, 2.75) is 32.7 Å². The van der Waals surface area contributed by atoms with E-state index in [0.29, 0.717) is 50.0 Å². The zero-order chi connectivity index (χ0) is 22.8. The van der Waals surface area contributed by atoms with Crippen LogP contribution in [-0.4, -0.2) is 52.8 Å². The first-order valence-electron chi connectivity index (χ1n) is 10.8. The summed E-state index contributed by atoms with van der Waals surface area (Å²) in [6, 6.07) is 14.2. The normalized spacial score (nSPS) is 14.3. The Kier molecular flexibility index (Phi) is 6.67. The van der Waals surface area contributed by atoms with Gasteiger partial charge in [-0.3, -0.25) is 9.59 Å². The van der Waals surface area contributed by atoms with Crippen LogP contribution in [0.3, 0.4) is 0 Å². The van der Waals surface area contributed by atoms with Crippen LogP contribution in [0.1, 0.15) is 46.9 Å². The van der Waals surface area contributed by atoms with Crippen molar-refractivity contribution in [3.63, 3.8) is 0 Å². The Hall–Kier alpha value is -2.64. The number of morpholine rings is 1. The van der Waals surface area contributed by atoms with Crippen molar-refractivity contribution in [2.24, 2.45) is 0 Å². The predicted octanol–water partition coefficient (Wildman–Crippen LogP) is 4.68. The molecule has 7 heteroatoms. The van der Waals surface area contributed by atoms with Crippen molar-refractivity contribution >= 4 is 38.7 Å². The van der Waals surface area contributed by atoms with E-state index in [0.717, 1.165) is 20.9 Å². The summed E-state index contributed by atoms with van der Waals surface area (Å²) in [5.41, 5.74) is 4.19. The molecule has 0 bridgehead atoms. The molecule has 1 N–H and O–H groups in total. The second kappa shape index (κ2) is 9.46. The first-order valence-corrected chi connectivity index (χ1v) is 11.6. The summed E-state index contributed by atoms with van der Waals surface area (Å²) in [6.07, 6.45) is -0.211. The lowest BCUT2D eigenvalue weighted by atomic mass is 10.0. The van der Waals surface area contributed by atoms with Gasteiger partial charge < -0.3 is 19.3 Å². The molecule has 1 fully saturated rings. The lowest BCUT2D eigenvalue weighted by Gasteiger charge is -2.28. The molecule has 0 unspecified atom stereocenters. The van der Waals surface area contributed by atoms with E-state index in [2.05, 4.69) is 54.0 Å². The van der Waals surface area contributed by atoms with Crippen LogP contribution in [0.15, 0.2) is 46.9 Å². The molecule has 1 amide bonds. The molecule has 1 aromatic heterocycles. The number of benzene rings is 2. The summed E-state index contributed by atoms with van der Waals surface area (Å²) in [7, 11) is 0. The monoisotopic (exact) mass is 498 g/mol. The standard InChI is InChI=1S/C25H27BrN2O4/c1-16(2)18-5-3-17(4-6-18)15-28-22-8-7-19(26)13-20(22)21(14-23(29)30)24(28)25(31)27-9-11-32-12-10-27/h3-8,13,16H,9-12,14-15H2,1-2H3,(H,29,30). The lowest BCUT2D eigenvalue weighted by molar-refractivity contribution is -0.136. The van der Waals surface area contributed by atoms with Crippen molar-refractivity contribution in [2.75, 3.05) is 26.3 Å². The van der Waals surface area contributed by atoms with E-state index in [9.17, 15) is 14.7 Å². The van der Waals surface area contributed by atoms with Crippen LogP contribution in [0.4, 0.5) is 0 Å². The average molecular weight is 499 g/mol. The average Bonchev–Trinajstić information content (AvgIpc) is 3.06. The van der Waals surface area contributed by atoms with Gasteiger partial charge in [0.15, 0.2) is 0 Å². The van der Waals surface area contributed by atoms with Gasteiger partial charge in [0.2, 0.25) is 0 Å². The summed E-state index contributed by atoms with van der Waals surface area (Å²) in [5.74, 6) is -0.661. The van der Waals surface area contributed by atoms with E-state index in [1.165, 1.54) is 5.56 Å². The molecular weight excluding hydrogens is 472 g/mol. The van der Waals surface area contributed by atoms with Crippen molar-refractivity contribution in [3.05, 3.63) is 69.3 Å². The van der Waals surface area contributed by atoms with Crippen molar-refractivity contribution in [3.8, 4) is 0 Å². The maximum atomic E-state index is 13.7. The minimum Gasteiger partial charge on any atom is -0.481 e. The molecule has 4 rings (SSSR count). The summed E-state index contributed by atoms with van der Waals surface area (Å²) in [5, 5.41) is 10.4. The molecule has 1 saturated heterocycles. The van der Waals surface area contributed by atoms with Crippen LogP contribution in [0, 0.1) is 0 Å². The van der Waals surface area contributed by atoms with Crippen LogP contribution in [0.25, 0.3) is 10.9 Å². The first-order chi connectivity index (χ1) is 15.3. The van der Waals surface area contributed by atoms with Gasteiger partial charge in [-0.1, -0.05) is 54.0 Å². The van der Waals surface area contributed by atoms with E-state index in [4.69, 9.17) is 4.74 Å². The molecule has 1 aliphatic rings. The topological polar surface area (TPSA) is 71.8 Å². The number of aromatic nitrogens is 1. The second-order valence-electron chi connectivity index (χ2n) is 8.45. The fourth-order valence-corrected chi connectivity index (χ4v) is 4.60. The minimum atomic E-state index is -0.957. The van der Waals surface area contributed by atoms with Crippen LogP contribution < -0.4 is 0 Å². The maximum absolute atomic E-state index is 13.7. The highest BCUT2D eigenvalue weighted by molar-refractivity contribution is 9.10. The SMILES string of the molecule is CC(C)c1ccc(Cn2c(C(=O)N3CCOCC3)c(CC(=O)O)c3cc(Br)ccc32)cc1. The van der Waals surface area contributed by atoms with Gasteiger partial charge in [0.05, 0.1) is 19.6 Å². The highest BCUT2D eigenvalue weighted by Crippen LogP contribution is 2.32. The van der Waals surface area contributed by atoms with E-state index in [-0.39, 0.29) is 12.3 Å². The smallest absolute Gasteiger partial charge is 0.307 e. The Bertz CT molecular complexity index is 1140. The number of rotatable bonds is 6. The van der Waals surface area contributed by atoms with E-state index >= 15 is 0 Å². The number of carboxylic acid groups (broad SMARTS) is 1. The Labute approximate surface area is 195 Å². The first kappa shape index (κ1) is 22.6. The number of hydrogen-bond donors (Lipinski definition) is 1. The molecule has 3 aromatic rings. The van der Waals surface area contributed by atoms with Crippen molar-refractivity contribution in [1.82, 2.24) is 9.47 Å². The Morgan fingerprint density at radius 1 is 1.09 bits per heavy atom. The van der Waals surface area contributed by atoms with Crippen molar-refractivity contribution in [1.29, 1.82) is 0 Å². The second-order valence-corrected chi connectivity index (χ2v) is 9.36. The molecule has 6 nitrogen and oxygen atoms in total. The summed E-state index contributed by atoms with van der Waals surface area (Å²) < 4.78 is 8.23. The molecular formula is C25H27BrN2O4. The van der Waals surface area contributed by atoms with E-state index < -0.39 is 5.97 Å². The number of carboxylic acids is 1. The Morgan fingerprint density at radius 3 is 2.41 bits per heavy atom. The number of carbonyl (C=O) groups is 2. The molecule has 2 heterocycles. The van der Waals surface area contributed by atoms with Gasteiger partial charge in [-0.25, -0.2) is 0 Å². The number of halogens is 1. The Balaban J connectivity index is 1.86. The highest BCUT2D eigenvalue weighted by Gasteiger charge is 2.29. The van der Waals surface area contributed by atoms with Crippen LogP contribution in [0.5, 0.6) is 0 Å². The quantitative estimate of drug-likeness (QED) is 0.535. The van der Waals surface area contributed by atoms with Gasteiger partial charge in [-0.05, 0) is 35.2 Å². The highest BCUT2D eigenvalue weighted by atomic mass is 79.9. The number of carbonyl (C=O) groups excluding carboxylic acids is 1. The number of fused-ring (bicyclic) bond motifs is 1. The maximum Gasteiger partial charge on any atom is 0.307 e. The Morgan fingerprint density at radius 2 is 1.78 bits per heavy atom. The van der Waals surface area contributed by atoms with Crippen LogP contribution >= 0.6 is 15.9 Å². The largest absolute Gasteiger partial charge is 0.481 e. The predicted molar refractivity (Wildman–Crippen MR) is 127 cm³/mol. The zero-order valence-electron chi connectivity index (χ0n) is 18.3. The van der Waals surface area contributed by atoms with E-state index in [1.54, 1.807) is 4.90 Å². The van der Waals surface area contributed by atoms with Gasteiger partial charge in [0.25, 0.3) is 5.91 Å². The third-order valence-corrected chi connectivity index (χ3v) is 6.44. The van der Waals surface area contributed by atoms with Crippen molar-refractivity contribution < 1.29 is 19.4 Å². The lowest BCUT2D eigenvalue weighted by Crippen LogP contribution is -2.42.